The summed E-state index contributed by atoms with van der Waals surface area (Å²) in [6.45, 7) is 11.8. The molecule has 0 aliphatic carbocycles. The molecule has 4 heterocycles. The number of rotatable bonds is 6. The van der Waals surface area contributed by atoms with E-state index in [-0.39, 0.29) is 10.8 Å². The maximum absolute atomic E-state index is 6.75. The second-order valence-corrected chi connectivity index (χ2v) is 12.8. The smallest absolute Gasteiger partial charge is 0.252 e. The van der Waals surface area contributed by atoms with Crippen LogP contribution in [-0.2, 0) is 20.3 Å². The molecule has 4 aliphatic rings. The Kier molecular flexibility index (Phi) is 5.52. The Morgan fingerprint density at radius 2 is 1.08 bits per heavy atom. The van der Waals surface area contributed by atoms with Gasteiger partial charge in [-0.05, 0) is 12.1 Å². The highest BCUT2D eigenvalue weighted by atomic mass is 16.7. The molecule has 0 amide bonds. The van der Waals surface area contributed by atoms with Crippen molar-refractivity contribution in [2.75, 3.05) is 39.6 Å². The lowest BCUT2D eigenvalue weighted by Gasteiger charge is -2.51. The zero-order valence-corrected chi connectivity index (χ0v) is 22.2. The van der Waals surface area contributed by atoms with E-state index in [2.05, 4.69) is 39.8 Å². The number of ether oxygens (including phenoxy) is 6. The lowest BCUT2D eigenvalue weighted by Crippen LogP contribution is -2.61. The van der Waals surface area contributed by atoms with E-state index >= 15 is 0 Å². The summed E-state index contributed by atoms with van der Waals surface area (Å²) in [6, 6.07) is 12.1. The predicted molar refractivity (Wildman–Crippen MR) is 139 cm³/mol. The van der Waals surface area contributed by atoms with Crippen LogP contribution in [-0.4, -0.2) is 56.5 Å². The van der Waals surface area contributed by atoms with Crippen LogP contribution in [0.2, 0.25) is 0 Å². The van der Waals surface area contributed by atoms with Crippen molar-refractivity contribution in [3.8, 4) is 23.0 Å². The summed E-state index contributed by atoms with van der Waals surface area (Å²) in [5, 5.41) is 0. The van der Waals surface area contributed by atoms with Crippen molar-refractivity contribution in [3.05, 3.63) is 47.5 Å². The van der Waals surface area contributed by atoms with Gasteiger partial charge in [0.25, 0.3) is 5.79 Å². The van der Waals surface area contributed by atoms with Crippen molar-refractivity contribution < 1.29 is 28.4 Å². The first-order chi connectivity index (χ1) is 17.4. The minimum Gasteiger partial charge on any atom is -0.491 e. The second kappa shape index (κ2) is 8.24. The summed E-state index contributed by atoms with van der Waals surface area (Å²) in [5.41, 5.74) is 13.6. The molecule has 2 aromatic rings. The van der Waals surface area contributed by atoms with Crippen LogP contribution in [0.25, 0.3) is 0 Å². The van der Waals surface area contributed by atoms with E-state index in [1.807, 2.05) is 24.3 Å². The van der Waals surface area contributed by atoms with Gasteiger partial charge in [-0.25, -0.2) is 0 Å². The van der Waals surface area contributed by atoms with Crippen molar-refractivity contribution in [2.24, 2.45) is 11.5 Å². The second-order valence-electron chi connectivity index (χ2n) is 12.8. The molecule has 0 atom stereocenters. The van der Waals surface area contributed by atoms with E-state index in [0.29, 0.717) is 52.5 Å². The number of hydrogen-bond acceptors (Lipinski definition) is 8. The highest BCUT2D eigenvalue weighted by Gasteiger charge is 2.53. The van der Waals surface area contributed by atoms with Gasteiger partial charge in [0.2, 0.25) is 0 Å². The summed E-state index contributed by atoms with van der Waals surface area (Å²) >= 11 is 0. The lowest BCUT2D eigenvalue weighted by atomic mass is 9.69. The van der Waals surface area contributed by atoms with Crippen molar-refractivity contribution in [3.63, 3.8) is 0 Å². The molecule has 1 spiro atoms. The van der Waals surface area contributed by atoms with Gasteiger partial charge in [0.15, 0.2) is 0 Å². The average Bonchev–Trinajstić information content (AvgIpc) is 2.77. The highest BCUT2D eigenvalue weighted by Crippen LogP contribution is 2.54. The van der Waals surface area contributed by atoms with E-state index < -0.39 is 16.9 Å². The van der Waals surface area contributed by atoms with Crippen molar-refractivity contribution in [1.82, 2.24) is 0 Å². The summed E-state index contributed by atoms with van der Waals surface area (Å²) in [5.74, 6) is 2.20. The number of nitrogens with two attached hydrogens (primary N) is 2. The van der Waals surface area contributed by atoms with Gasteiger partial charge in [0.05, 0.1) is 37.5 Å². The Hall–Kier alpha value is -2.52. The van der Waals surface area contributed by atoms with Crippen LogP contribution in [0.5, 0.6) is 23.0 Å². The normalized spacial score (nSPS) is 24.8. The summed E-state index contributed by atoms with van der Waals surface area (Å²) in [7, 11) is 0. The van der Waals surface area contributed by atoms with E-state index in [1.54, 1.807) is 0 Å². The summed E-state index contributed by atoms with van der Waals surface area (Å²) in [4.78, 5) is 0. The molecule has 0 saturated carbocycles. The molecular weight excluding hydrogens is 472 g/mol. The van der Waals surface area contributed by atoms with Crippen molar-refractivity contribution >= 4 is 0 Å². The third-order valence-corrected chi connectivity index (χ3v) is 7.99. The van der Waals surface area contributed by atoms with Crippen molar-refractivity contribution in [2.45, 2.75) is 68.2 Å². The predicted octanol–water partition coefficient (Wildman–Crippen LogP) is 3.42. The molecule has 200 valence electrons. The Morgan fingerprint density at radius 1 is 0.676 bits per heavy atom. The van der Waals surface area contributed by atoms with Crippen LogP contribution in [0.3, 0.4) is 0 Å². The molecule has 37 heavy (non-hydrogen) atoms. The molecule has 0 unspecified atom stereocenters. The minimum absolute atomic E-state index is 0.166. The van der Waals surface area contributed by atoms with Crippen LogP contribution in [0, 0.1) is 0 Å². The molecule has 8 heteroatoms. The highest BCUT2D eigenvalue weighted by molar-refractivity contribution is 5.50. The average molecular weight is 511 g/mol. The zero-order valence-electron chi connectivity index (χ0n) is 22.2. The summed E-state index contributed by atoms with van der Waals surface area (Å²) < 4.78 is 36.1. The summed E-state index contributed by atoms with van der Waals surface area (Å²) in [6.07, 6.45) is 1.43. The lowest BCUT2D eigenvalue weighted by molar-refractivity contribution is -0.166. The molecule has 6 rings (SSSR count). The van der Waals surface area contributed by atoms with Gasteiger partial charge in [-0.2, -0.15) is 0 Å². The number of benzene rings is 2. The molecular formula is C29H38N2O6. The van der Waals surface area contributed by atoms with Gasteiger partial charge in [0.1, 0.15) is 36.2 Å². The topological polar surface area (TPSA) is 107 Å². The third kappa shape index (κ3) is 4.54. The van der Waals surface area contributed by atoms with E-state index in [9.17, 15) is 0 Å². The van der Waals surface area contributed by atoms with Gasteiger partial charge in [-0.15, -0.1) is 0 Å². The Morgan fingerprint density at radius 3 is 1.43 bits per heavy atom. The van der Waals surface area contributed by atoms with Crippen LogP contribution in [0.1, 0.15) is 51.7 Å². The monoisotopic (exact) mass is 510 g/mol. The molecule has 2 aromatic carbocycles. The molecule has 4 aliphatic heterocycles. The molecule has 0 radical (unpaired) electrons. The van der Waals surface area contributed by atoms with E-state index in [0.717, 1.165) is 34.1 Å². The standard InChI is InChI=1S/C29H38N2O6/c1-25(2)11-29(36-23-9-19(5-7-21(23)25)34-17-27(30)13-32-14-27)12-26(3,4)22-8-6-20(10-24(22)37-29)35-18-28(31)15-33-16-28/h5-10H,11-18,30-31H2,1-4H3. The van der Waals surface area contributed by atoms with Crippen LogP contribution in [0.4, 0.5) is 0 Å². The van der Waals surface area contributed by atoms with Crippen molar-refractivity contribution in [1.29, 1.82) is 0 Å². The first kappa shape index (κ1) is 24.8. The fourth-order valence-corrected chi connectivity index (χ4v) is 5.99. The molecule has 4 N–H and O–H groups in total. The van der Waals surface area contributed by atoms with Gasteiger partial charge in [-0.3, -0.25) is 0 Å². The molecule has 0 bridgehead atoms. The van der Waals surface area contributed by atoms with Gasteiger partial charge in [0, 0.05) is 46.9 Å². The van der Waals surface area contributed by atoms with E-state index in [1.165, 1.54) is 0 Å². The zero-order chi connectivity index (χ0) is 26.1. The molecule has 0 aromatic heterocycles. The van der Waals surface area contributed by atoms with E-state index in [4.69, 9.17) is 39.9 Å². The number of hydrogen-bond donors (Lipinski definition) is 2. The van der Waals surface area contributed by atoms with Gasteiger partial charge in [-0.1, -0.05) is 39.8 Å². The maximum atomic E-state index is 6.75. The quantitative estimate of drug-likeness (QED) is 0.609. The molecule has 2 saturated heterocycles. The molecule has 8 nitrogen and oxygen atoms in total. The first-order valence-corrected chi connectivity index (χ1v) is 13.0. The Labute approximate surface area is 218 Å². The third-order valence-electron chi connectivity index (χ3n) is 7.99. The fourth-order valence-electron chi connectivity index (χ4n) is 5.99. The van der Waals surface area contributed by atoms with Crippen LogP contribution < -0.4 is 30.4 Å². The van der Waals surface area contributed by atoms with Crippen LogP contribution in [0.15, 0.2) is 36.4 Å². The maximum Gasteiger partial charge on any atom is 0.252 e. The Balaban J connectivity index is 1.27. The number of fused-ring (bicyclic) bond motifs is 2. The molecule has 2 fully saturated rings. The van der Waals surface area contributed by atoms with Gasteiger partial charge >= 0.3 is 0 Å². The Bertz CT molecular complexity index is 1110. The van der Waals surface area contributed by atoms with Gasteiger partial charge < -0.3 is 39.9 Å². The fraction of sp³-hybridized carbons (Fsp3) is 0.586. The first-order valence-electron chi connectivity index (χ1n) is 13.0. The SMILES string of the molecule is CC1(C)CC2(CC(C)(C)c3ccc(OCC4(N)COC4)cc3O2)Oc2cc(OCC3(N)COC3)ccc21. The largest absolute Gasteiger partial charge is 0.491 e. The van der Waals surface area contributed by atoms with Crippen LogP contribution >= 0.6 is 0 Å². The minimum atomic E-state index is -0.821.